The van der Waals surface area contributed by atoms with E-state index in [1.54, 1.807) is 15.6 Å². The van der Waals surface area contributed by atoms with Crippen LogP contribution in [0.25, 0.3) is 16.5 Å². The molecule has 1 aromatic heterocycles. The van der Waals surface area contributed by atoms with Crippen molar-refractivity contribution in [2.75, 3.05) is 13.7 Å². The van der Waals surface area contributed by atoms with Crippen molar-refractivity contribution >= 4 is 28.5 Å². The van der Waals surface area contributed by atoms with Gasteiger partial charge in [0.2, 0.25) is 0 Å². The van der Waals surface area contributed by atoms with Gasteiger partial charge in [0.05, 0.1) is 12.7 Å². The number of ether oxygens (including phenoxy) is 2. The predicted octanol–water partition coefficient (Wildman–Crippen LogP) is 3.82. The molecule has 7 nitrogen and oxygen atoms in total. The van der Waals surface area contributed by atoms with E-state index in [-0.39, 0.29) is 6.09 Å². The number of methoxy groups -OCH3 is 1. The van der Waals surface area contributed by atoms with Crippen LogP contribution < -0.4 is 0 Å². The minimum absolute atomic E-state index is 0.357. The quantitative estimate of drug-likeness (QED) is 0.767. The maximum Gasteiger partial charge on any atom is 0.414 e. The van der Waals surface area contributed by atoms with Crippen LogP contribution in [0.4, 0.5) is 4.79 Å². The van der Waals surface area contributed by atoms with Gasteiger partial charge in [-0.25, -0.2) is 9.59 Å². The van der Waals surface area contributed by atoms with Gasteiger partial charge in [0.15, 0.2) is 0 Å². The molecule has 7 heteroatoms. The van der Waals surface area contributed by atoms with Crippen molar-refractivity contribution in [3.63, 3.8) is 0 Å². The van der Waals surface area contributed by atoms with Crippen LogP contribution in [0, 0.1) is 0 Å². The van der Waals surface area contributed by atoms with Crippen molar-refractivity contribution in [3.8, 4) is 0 Å². The molecule has 2 heterocycles. The van der Waals surface area contributed by atoms with Crippen LogP contribution in [-0.4, -0.2) is 46.0 Å². The van der Waals surface area contributed by atoms with Crippen molar-refractivity contribution in [1.82, 2.24) is 14.7 Å². The van der Waals surface area contributed by atoms with Gasteiger partial charge in [0.1, 0.15) is 11.1 Å². The number of carbonyl (C=O) groups is 2. The molecule has 0 unspecified atom stereocenters. The number of fused-ring (bicyclic) bond motifs is 1. The minimum Gasteiger partial charge on any atom is -0.465 e. The SMILES string of the molecule is CCn1cc2c(C3=CN(C(=O)OC(C)(C)C)CC3)ccc(C(=O)OC)c2n1. The lowest BCUT2D eigenvalue weighted by molar-refractivity contribution is 0.0349. The van der Waals surface area contributed by atoms with E-state index in [0.29, 0.717) is 30.6 Å². The largest absolute Gasteiger partial charge is 0.465 e. The predicted molar refractivity (Wildman–Crippen MR) is 102 cm³/mol. The fraction of sp³-hybridized carbons (Fsp3) is 0.450. The normalized spacial score (nSPS) is 14.4. The molecule has 1 aliphatic rings. The van der Waals surface area contributed by atoms with Gasteiger partial charge in [0.25, 0.3) is 0 Å². The molecule has 0 saturated carbocycles. The third kappa shape index (κ3) is 3.82. The summed E-state index contributed by atoms with van der Waals surface area (Å²) in [4.78, 5) is 26.0. The topological polar surface area (TPSA) is 73.7 Å². The number of amides is 1. The number of aromatic nitrogens is 2. The summed E-state index contributed by atoms with van der Waals surface area (Å²) < 4.78 is 12.1. The fourth-order valence-electron chi connectivity index (χ4n) is 3.10. The highest BCUT2D eigenvalue weighted by atomic mass is 16.6. The molecule has 0 radical (unpaired) electrons. The van der Waals surface area contributed by atoms with E-state index in [1.807, 2.05) is 46.2 Å². The summed E-state index contributed by atoms with van der Waals surface area (Å²) in [6.07, 6.45) is 4.10. The Morgan fingerprint density at radius 2 is 2.00 bits per heavy atom. The molecule has 3 rings (SSSR count). The van der Waals surface area contributed by atoms with Gasteiger partial charge in [-0.1, -0.05) is 6.07 Å². The van der Waals surface area contributed by atoms with Gasteiger partial charge in [-0.05, 0) is 51.3 Å². The van der Waals surface area contributed by atoms with Crippen LogP contribution in [0.2, 0.25) is 0 Å². The third-order valence-electron chi connectivity index (χ3n) is 4.36. The summed E-state index contributed by atoms with van der Waals surface area (Å²) in [5, 5.41) is 5.39. The molecule has 0 N–H and O–H groups in total. The lowest BCUT2D eigenvalue weighted by atomic mass is 9.99. The zero-order chi connectivity index (χ0) is 19.8. The zero-order valence-corrected chi connectivity index (χ0v) is 16.4. The summed E-state index contributed by atoms with van der Waals surface area (Å²) in [6.45, 7) is 8.78. The van der Waals surface area contributed by atoms with E-state index >= 15 is 0 Å². The first kappa shape index (κ1) is 18.9. The van der Waals surface area contributed by atoms with Crippen LogP contribution in [0.1, 0.15) is 50.0 Å². The number of rotatable bonds is 3. The summed E-state index contributed by atoms with van der Waals surface area (Å²) in [5.74, 6) is -0.413. The maximum atomic E-state index is 12.3. The molecule has 1 aromatic carbocycles. The monoisotopic (exact) mass is 371 g/mol. The van der Waals surface area contributed by atoms with Crippen LogP contribution in [-0.2, 0) is 16.0 Å². The van der Waals surface area contributed by atoms with Crippen molar-refractivity contribution < 1.29 is 19.1 Å². The molecule has 0 fully saturated rings. The van der Waals surface area contributed by atoms with E-state index in [9.17, 15) is 9.59 Å². The highest BCUT2D eigenvalue weighted by Gasteiger charge is 2.26. The van der Waals surface area contributed by atoms with Gasteiger partial charge in [-0.2, -0.15) is 5.10 Å². The Morgan fingerprint density at radius 3 is 2.63 bits per heavy atom. The fourth-order valence-corrected chi connectivity index (χ4v) is 3.10. The van der Waals surface area contributed by atoms with Crippen molar-refractivity contribution in [1.29, 1.82) is 0 Å². The Labute approximate surface area is 158 Å². The molecule has 0 aliphatic carbocycles. The second-order valence-corrected chi connectivity index (χ2v) is 7.48. The van der Waals surface area contributed by atoms with Gasteiger partial charge in [-0.15, -0.1) is 0 Å². The molecular formula is C20H25N3O4. The maximum absolute atomic E-state index is 12.3. The smallest absolute Gasteiger partial charge is 0.414 e. The molecule has 27 heavy (non-hydrogen) atoms. The number of aryl methyl sites for hydroxylation is 1. The average Bonchev–Trinajstić information content (AvgIpc) is 3.25. The lowest BCUT2D eigenvalue weighted by Gasteiger charge is -2.23. The van der Waals surface area contributed by atoms with Crippen molar-refractivity contribution in [2.45, 2.75) is 46.3 Å². The first-order valence-corrected chi connectivity index (χ1v) is 9.02. The van der Waals surface area contributed by atoms with Gasteiger partial charge >= 0.3 is 12.1 Å². The molecule has 1 aliphatic heterocycles. The highest BCUT2D eigenvalue weighted by Crippen LogP contribution is 2.33. The van der Waals surface area contributed by atoms with Crippen LogP contribution in [0.15, 0.2) is 24.5 Å². The van der Waals surface area contributed by atoms with Gasteiger partial charge < -0.3 is 9.47 Å². The zero-order valence-electron chi connectivity index (χ0n) is 16.4. The molecular weight excluding hydrogens is 346 g/mol. The van der Waals surface area contributed by atoms with E-state index in [2.05, 4.69) is 5.10 Å². The van der Waals surface area contributed by atoms with Crippen molar-refractivity contribution in [3.05, 3.63) is 35.7 Å². The Morgan fingerprint density at radius 1 is 1.26 bits per heavy atom. The molecule has 0 spiro atoms. The Hall–Kier alpha value is -2.83. The molecule has 144 valence electrons. The summed E-state index contributed by atoms with van der Waals surface area (Å²) in [6, 6.07) is 3.62. The lowest BCUT2D eigenvalue weighted by Crippen LogP contribution is -2.32. The second-order valence-electron chi connectivity index (χ2n) is 7.48. The van der Waals surface area contributed by atoms with Gasteiger partial charge in [-0.3, -0.25) is 9.58 Å². The second kappa shape index (κ2) is 7.06. The Bertz CT molecular complexity index is 921. The standard InChI is InChI=1S/C20H25N3O4/c1-6-23-12-16-14(7-8-15(17(16)21-23)18(24)26-5)13-9-10-22(11-13)19(25)27-20(2,3)4/h7-8,11-12H,6,9-10H2,1-5H3. The van der Waals surface area contributed by atoms with E-state index in [0.717, 1.165) is 16.5 Å². The molecule has 1 amide bonds. The van der Waals surface area contributed by atoms with Crippen LogP contribution in [0.3, 0.4) is 0 Å². The van der Waals surface area contributed by atoms with E-state index in [1.165, 1.54) is 7.11 Å². The first-order chi connectivity index (χ1) is 12.7. The molecule has 0 saturated heterocycles. The number of carbonyl (C=O) groups excluding carboxylic acids is 2. The average molecular weight is 371 g/mol. The van der Waals surface area contributed by atoms with E-state index in [4.69, 9.17) is 9.47 Å². The summed E-state index contributed by atoms with van der Waals surface area (Å²) >= 11 is 0. The number of hydrogen-bond acceptors (Lipinski definition) is 5. The molecule has 0 bridgehead atoms. The van der Waals surface area contributed by atoms with Crippen molar-refractivity contribution in [2.24, 2.45) is 0 Å². The number of benzene rings is 1. The summed E-state index contributed by atoms with van der Waals surface area (Å²) in [7, 11) is 1.36. The highest BCUT2D eigenvalue weighted by molar-refractivity contribution is 6.06. The number of esters is 1. The van der Waals surface area contributed by atoms with Crippen LogP contribution in [0.5, 0.6) is 0 Å². The summed E-state index contributed by atoms with van der Waals surface area (Å²) in [5.41, 5.74) is 2.48. The molecule has 0 atom stereocenters. The molecule has 2 aromatic rings. The minimum atomic E-state index is -0.536. The Kier molecular flexibility index (Phi) is 4.95. The third-order valence-corrected chi connectivity index (χ3v) is 4.36. The number of nitrogens with zero attached hydrogens (tertiary/aromatic N) is 3. The van der Waals surface area contributed by atoms with Crippen LogP contribution >= 0.6 is 0 Å². The van der Waals surface area contributed by atoms with E-state index < -0.39 is 11.6 Å². The first-order valence-electron chi connectivity index (χ1n) is 9.02. The van der Waals surface area contributed by atoms with Gasteiger partial charge in [0, 0.05) is 30.9 Å². The Balaban J connectivity index is 2.00. The number of hydrogen-bond donors (Lipinski definition) is 0.